The highest BCUT2D eigenvalue weighted by Gasteiger charge is 2.38. The number of nitrogens with zero attached hydrogens (tertiary/aromatic N) is 1. The van der Waals surface area contributed by atoms with Crippen LogP contribution in [0.15, 0.2) is 54.6 Å². The second kappa shape index (κ2) is 12.9. The summed E-state index contributed by atoms with van der Waals surface area (Å²) in [4.78, 5) is 26.7. The number of methoxy groups -OCH3 is 1. The second-order valence-electron chi connectivity index (χ2n) is 9.07. The highest BCUT2D eigenvalue weighted by molar-refractivity contribution is 14.1. The van der Waals surface area contributed by atoms with E-state index in [4.69, 9.17) is 9.47 Å². The Morgan fingerprint density at radius 2 is 1.67 bits per heavy atom. The van der Waals surface area contributed by atoms with Gasteiger partial charge in [-0.1, -0.05) is 91.7 Å². The van der Waals surface area contributed by atoms with E-state index in [1.165, 1.54) is 7.11 Å². The minimum atomic E-state index is -0.699. The maximum absolute atomic E-state index is 12.6. The molecule has 0 bridgehead atoms. The fourth-order valence-electron chi connectivity index (χ4n) is 3.85. The van der Waals surface area contributed by atoms with Crippen LogP contribution in [0.4, 0.5) is 4.79 Å². The van der Waals surface area contributed by atoms with Crippen LogP contribution >= 0.6 is 45.2 Å². The van der Waals surface area contributed by atoms with Crippen molar-refractivity contribution in [2.24, 2.45) is 5.41 Å². The zero-order chi connectivity index (χ0) is 24.5. The molecule has 0 heterocycles. The lowest BCUT2D eigenvalue weighted by Crippen LogP contribution is -2.36. The molecular weight excluding hydrogens is 644 g/mol. The standard InChI is InChI=1S/C26H33I2NO4/c1-25(2,19-29(3)24(31)33-18-20-11-6-5-7-12-20)15-8-9-16-26(28,23(30)32-4)21-13-10-14-22(27)17-21/h5-7,10-14,17H,8-9,15-16,18-19H2,1-4H3. The molecule has 0 N–H and O–H groups in total. The summed E-state index contributed by atoms with van der Waals surface area (Å²) in [5, 5.41) is 0. The SMILES string of the molecule is COC(=O)C(I)(CCCCC(C)(C)CN(C)C(=O)OCc1ccccc1)c1cccc(I)c1. The molecule has 0 spiro atoms. The number of esters is 1. The lowest BCUT2D eigenvalue weighted by atomic mass is 9.85. The molecule has 2 aromatic carbocycles. The molecule has 7 heteroatoms. The summed E-state index contributed by atoms with van der Waals surface area (Å²) in [7, 11) is 3.22. The van der Waals surface area contributed by atoms with Crippen molar-refractivity contribution in [3.8, 4) is 0 Å². The van der Waals surface area contributed by atoms with Crippen molar-refractivity contribution < 1.29 is 19.1 Å². The van der Waals surface area contributed by atoms with Crippen LogP contribution in [0, 0.1) is 8.99 Å². The molecule has 0 fully saturated rings. The van der Waals surface area contributed by atoms with Crippen LogP contribution in [0.3, 0.4) is 0 Å². The number of rotatable bonds is 11. The topological polar surface area (TPSA) is 55.8 Å². The monoisotopic (exact) mass is 677 g/mol. The van der Waals surface area contributed by atoms with Crippen molar-refractivity contribution in [1.29, 1.82) is 0 Å². The third-order valence-corrected chi connectivity index (χ3v) is 7.87. The van der Waals surface area contributed by atoms with Crippen molar-refractivity contribution in [3.05, 3.63) is 69.3 Å². The number of ether oxygens (including phenoxy) is 2. The molecule has 0 saturated carbocycles. The van der Waals surface area contributed by atoms with Crippen LogP contribution in [0.5, 0.6) is 0 Å². The van der Waals surface area contributed by atoms with E-state index in [2.05, 4.69) is 59.0 Å². The molecule has 0 aliphatic heterocycles. The van der Waals surface area contributed by atoms with Gasteiger partial charge in [-0.3, -0.25) is 4.79 Å². The van der Waals surface area contributed by atoms with E-state index in [9.17, 15) is 9.59 Å². The van der Waals surface area contributed by atoms with Crippen LogP contribution in [0.1, 0.15) is 50.7 Å². The first-order chi connectivity index (χ1) is 15.6. The fourth-order valence-corrected chi connectivity index (χ4v) is 5.33. The molecule has 2 aromatic rings. The van der Waals surface area contributed by atoms with Gasteiger partial charge in [-0.15, -0.1) is 0 Å². The Bertz CT molecular complexity index is 920. The van der Waals surface area contributed by atoms with Gasteiger partial charge in [0.25, 0.3) is 0 Å². The minimum Gasteiger partial charge on any atom is -0.468 e. The molecule has 0 aliphatic carbocycles. The van der Waals surface area contributed by atoms with Crippen LogP contribution in [-0.2, 0) is 24.3 Å². The Hall–Kier alpha value is -1.36. The van der Waals surface area contributed by atoms with Gasteiger partial charge in [-0.25, -0.2) is 4.79 Å². The lowest BCUT2D eigenvalue weighted by molar-refractivity contribution is -0.143. The van der Waals surface area contributed by atoms with Crippen molar-refractivity contribution in [2.75, 3.05) is 20.7 Å². The number of hydrogen-bond acceptors (Lipinski definition) is 4. The quantitative estimate of drug-likeness (QED) is 0.112. The van der Waals surface area contributed by atoms with Gasteiger partial charge in [0.1, 0.15) is 10.0 Å². The van der Waals surface area contributed by atoms with Crippen LogP contribution in [0.2, 0.25) is 0 Å². The summed E-state index contributed by atoms with van der Waals surface area (Å²) in [5.41, 5.74) is 1.88. The first-order valence-electron chi connectivity index (χ1n) is 11.0. The van der Waals surface area contributed by atoms with Crippen LogP contribution in [0.25, 0.3) is 0 Å². The molecule has 180 valence electrons. The second-order valence-corrected chi connectivity index (χ2v) is 12.2. The number of hydrogen-bond donors (Lipinski definition) is 0. The molecular formula is C26H33I2NO4. The molecule has 5 nitrogen and oxygen atoms in total. The van der Waals surface area contributed by atoms with Gasteiger partial charge in [-0.2, -0.15) is 0 Å². The van der Waals surface area contributed by atoms with Gasteiger partial charge in [-0.05, 0) is 64.1 Å². The lowest BCUT2D eigenvalue weighted by Gasteiger charge is -2.31. The summed E-state index contributed by atoms with van der Waals surface area (Å²) in [6.45, 7) is 5.19. The van der Waals surface area contributed by atoms with Crippen LogP contribution in [-0.4, -0.2) is 37.7 Å². The Morgan fingerprint density at radius 1 is 1.00 bits per heavy atom. The number of halogens is 2. The van der Waals surface area contributed by atoms with E-state index >= 15 is 0 Å². The summed E-state index contributed by atoms with van der Waals surface area (Å²) in [6.07, 6.45) is 3.15. The predicted octanol–water partition coefficient (Wildman–Crippen LogP) is 6.95. The summed E-state index contributed by atoms with van der Waals surface area (Å²) in [6, 6.07) is 17.7. The van der Waals surface area contributed by atoms with Gasteiger partial charge < -0.3 is 14.4 Å². The van der Waals surface area contributed by atoms with E-state index in [0.29, 0.717) is 13.0 Å². The number of carbonyl (C=O) groups is 2. The first-order valence-corrected chi connectivity index (χ1v) is 13.2. The molecule has 2 rings (SSSR count). The molecule has 1 atom stereocenters. The van der Waals surface area contributed by atoms with Gasteiger partial charge in [0.05, 0.1) is 7.11 Å². The van der Waals surface area contributed by atoms with Crippen molar-refractivity contribution in [1.82, 2.24) is 4.90 Å². The maximum atomic E-state index is 12.6. The predicted molar refractivity (Wildman–Crippen MR) is 148 cm³/mol. The molecule has 33 heavy (non-hydrogen) atoms. The van der Waals surface area contributed by atoms with Crippen LogP contribution < -0.4 is 0 Å². The Kier molecular flexibility index (Phi) is 10.9. The smallest absolute Gasteiger partial charge is 0.409 e. The zero-order valence-electron chi connectivity index (χ0n) is 19.8. The Labute approximate surface area is 224 Å². The highest BCUT2D eigenvalue weighted by Crippen LogP contribution is 2.40. The maximum Gasteiger partial charge on any atom is 0.409 e. The Morgan fingerprint density at radius 3 is 2.30 bits per heavy atom. The minimum absolute atomic E-state index is 0.0676. The Balaban J connectivity index is 1.85. The van der Waals surface area contributed by atoms with Crippen molar-refractivity contribution in [2.45, 2.75) is 49.6 Å². The van der Waals surface area contributed by atoms with E-state index in [-0.39, 0.29) is 24.1 Å². The molecule has 1 unspecified atom stereocenters. The van der Waals surface area contributed by atoms with Gasteiger partial charge >= 0.3 is 12.1 Å². The average Bonchev–Trinajstić information content (AvgIpc) is 2.79. The number of alkyl halides is 1. The average molecular weight is 677 g/mol. The molecule has 1 amide bonds. The van der Waals surface area contributed by atoms with E-state index in [1.54, 1.807) is 11.9 Å². The van der Waals surface area contributed by atoms with Gasteiger partial charge in [0, 0.05) is 17.2 Å². The van der Waals surface area contributed by atoms with E-state index in [0.717, 1.165) is 34.0 Å². The first kappa shape index (κ1) is 27.9. The third kappa shape index (κ3) is 8.73. The molecule has 0 aromatic heterocycles. The van der Waals surface area contributed by atoms with Crippen molar-refractivity contribution in [3.63, 3.8) is 0 Å². The number of unbranched alkanes of at least 4 members (excludes halogenated alkanes) is 1. The molecule has 0 aliphatic rings. The molecule has 0 radical (unpaired) electrons. The largest absolute Gasteiger partial charge is 0.468 e. The summed E-state index contributed by atoms with van der Waals surface area (Å²) < 4.78 is 11.0. The zero-order valence-corrected chi connectivity index (χ0v) is 24.1. The third-order valence-electron chi connectivity index (χ3n) is 5.60. The number of benzene rings is 2. The fraction of sp³-hybridized carbons (Fsp3) is 0.462. The normalized spacial score (nSPS) is 13.2. The summed E-state index contributed by atoms with van der Waals surface area (Å²) >= 11 is 4.50. The van der Waals surface area contributed by atoms with Gasteiger partial charge in [0.15, 0.2) is 0 Å². The molecule has 0 saturated heterocycles. The van der Waals surface area contributed by atoms with E-state index < -0.39 is 3.42 Å². The van der Waals surface area contributed by atoms with Crippen molar-refractivity contribution >= 4 is 57.2 Å². The number of amides is 1. The van der Waals surface area contributed by atoms with Gasteiger partial charge in [0.2, 0.25) is 0 Å². The summed E-state index contributed by atoms with van der Waals surface area (Å²) in [5.74, 6) is -0.217. The number of carbonyl (C=O) groups excluding carboxylic acids is 2. The highest BCUT2D eigenvalue weighted by atomic mass is 127. The van der Waals surface area contributed by atoms with E-state index in [1.807, 2.05) is 54.6 Å².